The molecule has 2 aromatic carbocycles. The van der Waals surface area contributed by atoms with Crippen molar-refractivity contribution in [3.8, 4) is 0 Å². The largest absolute Gasteiger partial charge is 0.305 e. The Hall–Kier alpha value is -2.62. The van der Waals surface area contributed by atoms with Crippen molar-refractivity contribution in [2.24, 2.45) is 0 Å². The lowest BCUT2D eigenvalue weighted by Crippen LogP contribution is -2.12. The Labute approximate surface area is 131 Å². The summed E-state index contributed by atoms with van der Waals surface area (Å²) in [7, 11) is 0. The third kappa shape index (κ3) is 4.19. The zero-order valence-corrected chi connectivity index (χ0v) is 13.6. The van der Waals surface area contributed by atoms with Gasteiger partial charge in [-0.25, -0.2) is 0 Å². The van der Waals surface area contributed by atoms with E-state index in [9.17, 15) is 4.79 Å². The van der Waals surface area contributed by atoms with Crippen LogP contribution in [-0.4, -0.2) is 16.1 Å². The molecule has 116 valence electrons. The number of para-hydroxylation sites is 1. The second-order valence-corrected chi connectivity index (χ2v) is 3.94. The Morgan fingerprint density at radius 2 is 1.50 bits per heavy atom. The molecule has 4 heteroatoms. The second kappa shape index (κ2) is 9.34. The normalized spacial score (nSPS) is 9.09. The molecule has 4 nitrogen and oxygen atoms in total. The van der Waals surface area contributed by atoms with Gasteiger partial charge in [-0.15, -0.1) is 0 Å². The van der Waals surface area contributed by atoms with Gasteiger partial charge in [0.15, 0.2) is 5.82 Å². The molecule has 0 bridgehead atoms. The minimum absolute atomic E-state index is 0.159. The first-order chi connectivity index (χ1) is 10.8. The lowest BCUT2D eigenvalue weighted by Gasteiger charge is -2.01. The number of benzene rings is 2. The third-order valence-corrected chi connectivity index (χ3v) is 2.74. The van der Waals surface area contributed by atoms with Gasteiger partial charge in [0.2, 0.25) is 0 Å². The van der Waals surface area contributed by atoms with Crippen LogP contribution in [0.2, 0.25) is 0 Å². The van der Waals surface area contributed by atoms with Gasteiger partial charge in [-0.3, -0.25) is 9.89 Å². The van der Waals surface area contributed by atoms with Crippen LogP contribution in [0.1, 0.15) is 38.1 Å². The van der Waals surface area contributed by atoms with Crippen molar-refractivity contribution >= 4 is 22.6 Å². The average Bonchev–Trinajstić information content (AvgIpc) is 3.02. The zero-order valence-electron chi connectivity index (χ0n) is 13.6. The Morgan fingerprint density at radius 1 is 0.909 bits per heavy atom. The van der Waals surface area contributed by atoms with E-state index in [1.807, 2.05) is 70.2 Å². The highest BCUT2D eigenvalue weighted by atomic mass is 16.1. The molecule has 0 radical (unpaired) electrons. The van der Waals surface area contributed by atoms with Crippen LogP contribution in [0.3, 0.4) is 0 Å². The summed E-state index contributed by atoms with van der Waals surface area (Å²) in [6, 6.07) is 16.7. The van der Waals surface area contributed by atoms with Crippen LogP contribution in [0.4, 0.5) is 5.82 Å². The van der Waals surface area contributed by atoms with E-state index in [2.05, 4.69) is 15.5 Å². The van der Waals surface area contributed by atoms with E-state index in [0.717, 1.165) is 10.9 Å². The van der Waals surface area contributed by atoms with Gasteiger partial charge >= 0.3 is 0 Å². The predicted octanol–water partition coefficient (Wildman–Crippen LogP) is 4.87. The number of rotatable bonds is 2. The molecule has 3 rings (SSSR count). The van der Waals surface area contributed by atoms with E-state index in [1.165, 1.54) is 0 Å². The Kier molecular flexibility index (Phi) is 7.40. The minimum atomic E-state index is -0.159. The van der Waals surface area contributed by atoms with Crippen LogP contribution in [-0.2, 0) is 0 Å². The van der Waals surface area contributed by atoms with Crippen LogP contribution in [0, 0.1) is 0 Å². The summed E-state index contributed by atoms with van der Waals surface area (Å²) in [5.74, 6) is 0.396. The number of carbonyl (C=O) groups excluding carboxylic acids is 1. The van der Waals surface area contributed by atoms with Crippen molar-refractivity contribution in [1.29, 1.82) is 0 Å². The van der Waals surface area contributed by atoms with Crippen LogP contribution in [0.25, 0.3) is 10.9 Å². The first kappa shape index (κ1) is 17.4. The van der Waals surface area contributed by atoms with E-state index in [4.69, 9.17) is 0 Å². The fraction of sp³-hybridized carbons (Fsp3) is 0.222. The summed E-state index contributed by atoms with van der Waals surface area (Å²) in [6.07, 6.45) is 0. The Balaban J connectivity index is 0.000000561. The number of anilines is 1. The molecule has 0 saturated heterocycles. The van der Waals surface area contributed by atoms with Crippen LogP contribution >= 0.6 is 0 Å². The fourth-order valence-electron chi connectivity index (χ4n) is 1.83. The van der Waals surface area contributed by atoms with Crippen LogP contribution in [0.15, 0.2) is 54.6 Å². The maximum absolute atomic E-state index is 12.0. The molecule has 0 fully saturated rings. The van der Waals surface area contributed by atoms with Gasteiger partial charge in [-0.1, -0.05) is 58.0 Å². The summed E-state index contributed by atoms with van der Waals surface area (Å²) in [4.78, 5) is 12.0. The third-order valence-electron chi connectivity index (χ3n) is 2.74. The Morgan fingerprint density at radius 3 is 2.18 bits per heavy atom. The molecule has 0 aliphatic rings. The van der Waals surface area contributed by atoms with Crippen molar-refractivity contribution in [2.75, 3.05) is 5.32 Å². The number of nitrogens with one attached hydrogen (secondary N) is 2. The van der Waals surface area contributed by atoms with Crippen LogP contribution in [0.5, 0.6) is 0 Å². The molecule has 0 saturated carbocycles. The average molecular weight is 297 g/mol. The highest BCUT2D eigenvalue weighted by Crippen LogP contribution is 2.20. The lowest BCUT2D eigenvalue weighted by molar-refractivity contribution is 0.102. The molecule has 1 heterocycles. The Bertz CT molecular complexity index is 690. The van der Waals surface area contributed by atoms with Gasteiger partial charge in [-0.2, -0.15) is 5.10 Å². The molecular formula is C18H23N3O. The summed E-state index contributed by atoms with van der Waals surface area (Å²) < 4.78 is 0. The number of fused-ring (bicyclic) bond motifs is 1. The number of amides is 1. The van der Waals surface area contributed by atoms with Crippen LogP contribution < -0.4 is 5.32 Å². The zero-order chi connectivity index (χ0) is 16.4. The van der Waals surface area contributed by atoms with E-state index in [1.54, 1.807) is 12.1 Å². The number of nitrogens with zero attached hydrogens (tertiary/aromatic N) is 1. The second-order valence-electron chi connectivity index (χ2n) is 3.94. The van der Waals surface area contributed by atoms with Crippen molar-refractivity contribution in [1.82, 2.24) is 10.2 Å². The molecule has 22 heavy (non-hydrogen) atoms. The SMILES string of the molecule is CC.CC.O=C(Nc1n[nH]c2ccccc12)c1ccccc1. The van der Waals surface area contributed by atoms with Gasteiger partial charge in [0.25, 0.3) is 5.91 Å². The molecule has 3 aromatic rings. The standard InChI is InChI=1S/C14H11N3O.2C2H6/c18-14(10-6-2-1-3-7-10)15-13-11-8-4-5-9-12(11)16-17-13;2*1-2/h1-9H,(H2,15,16,17,18);2*1-2H3. The molecular weight excluding hydrogens is 274 g/mol. The maximum Gasteiger partial charge on any atom is 0.256 e. The highest BCUT2D eigenvalue weighted by molar-refractivity contribution is 6.07. The van der Waals surface area contributed by atoms with E-state index >= 15 is 0 Å². The molecule has 1 aromatic heterocycles. The first-order valence-electron chi connectivity index (χ1n) is 7.64. The minimum Gasteiger partial charge on any atom is -0.305 e. The van der Waals surface area contributed by atoms with E-state index in [-0.39, 0.29) is 5.91 Å². The van der Waals surface area contributed by atoms with Gasteiger partial charge in [0.05, 0.1) is 5.52 Å². The quantitative estimate of drug-likeness (QED) is 0.709. The molecule has 1 amide bonds. The number of aromatic amines is 1. The molecule has 0 atom stereocenters. The summed E-state index contributed by atoms with van der Waals surface area (Å²) in [5, 5.41) is 10.7. The maximum atomic E-state index is 12.0. The lowest BCUT2D eigenvalue weighted by atomic mass is 10.2. The molecule has 0 spiro atoms. The molecule has 0 aliphatic heterocycles. The number of H-pyrrole nitrogens is 1. The smallest absolute Gasteiger partial charge is 0.256 e. The van der Waals surface area contributed by atoms with E-state index in [0.29, 0.717) is 11.4 Å². The summed E-state index contributed by atoms with van der Waals surface area (Å²) >= 11 is 0. The highest BCUT2D eigenvalue weighted by Gasteiger charge is 2.09. The van der Waals surface area contributed by atoms with Gasteiger partial charge in [-0.05, 0) is 24.3 Å². The topological polar surface area (TPSA) is 57.8 Å². The molecule has 0 unspecified atom stereocenters. The first-order valence-corrected chi connectivity index (χ1v) is 7.64. The number of hydrogen-bond acceptors (Lipinski definition) is 2. The van der Waals surface area contributed by atoms with Crippen molar-refractivity contribution in [3.05, 3.63) is 60.2 Å². The van der Waals surface area contributed by atoms with Crippen molar-refractivity contribution < 1.29 is 4.79 Å². The number of aromatic nitrogens is 2. The van der Waals surface area contributed by atoms with Crippen molar-refractivity contribution in [3.63, 3.8) is 0 Å². The predicted molar refractivity (Wildman–Crippen MR) is 93.2 cm³/mol. The van der Waals surface area contributed by atoms with Gasteiger partial charge in [0, 0.05) is 10.9 Å². The monoisotopic (exact) mass is 297 g/mol. The molecule has 2 N–H and O–H groups in total. The van der Waals surface area contributed by atoms with Gasteiger partial charge < -0.3 is 5.32 Å². The van der Waals surface area contributed by atoms with E-state index < -0.39 is 0 Å². The molecule has 0 aliphatic carbocycles. The summed E-state index contributed by atoms with van der Waals surface area (Å²) in [5.41, 5.74) is 1.52. The number of hydrogen-bond donors (Lipinski definition) is 2. The van der Waals surface area contributed by atoms with Crippen molar-refractivity contribution in [2.45, 2.75) is 27.7 Å². The van der Waals surface area contributed by atoms with Gasteiger partial charge in [0.1, 0.15) is 0 Å². The number of carbonyl (C=O) groups is 1. The summed E-state index contributed by atoms with van der Waals surface area (Å²) in [6.45, 7) is 8.00. The fourth-order valence-corrected chi connectivity index (χ4v) is 1.83.